The van der Waals surface area contributed by atoms with Crippen LogP contribution in [0, 0.1) is 16.7 Å². The molecule has 0 radical (unpaired) electrons. The number of fused-ring (bicyclic) bond motifs is 2. The molecule has 0 N–H and O–H groups in total. The third-order valence-electron chi connectivity index (χ3n) is 4.69. The van der Waals surface area contributed by atoms with Crippen molar-refractivity contribution in [2.24, 2.45) is 16.7 Å². The van der Waals surface area contributed by atoms with Crippen molar-refractivity contribution < 1.29 is 0 Å². The van der Waals surface area contributed by atoms with Gasteiger partial charge in [0.1, 0.15) is 0 Å². The first-order valence-electron chi connectivity index (χ1n) is 4.62. The number of rotatable bonds is 0. The molecule has 2 aliphatic rings. The minimum Gasteiger partial charge on any atom is -0.0820 e. The Kier molecular flexibility index (Phi) is 1.63. The maximum absolute atomic E-state index is 2.67. The maximum Gasteiger partial charge on any atom is 0.0171 e. The van der Waals surface area contributed by atoms with Crippen molar-refractivity contribution >= 4 is 22.6 Å². The lowest BCUT2D eigenvalue weighted by atomic mass is 9.71. The number of halogens is 1. The van der Waals surface area contributed by atoms with Gasteiger partial charge in [-0.1, -0.05) is 43.4 Å². The molecule has 2 rings (SSSR count). The zero-order chi connectivity index (χ0) is 8.28. The van der Waals surface area contributed by atoms with Crippen LogP contribution in [0.4, 0.5) is 0 Å². The van der Waals surface area contributed by atoms with Crippen molar-refractivity contribution in [3.8, 4) is 0 Å². The van der Waals surface area contributed by atoms with Crippen LogP contribution >= 0.6 is 22.6 Å². The molecule has 0 aromatic rings. The lowest BCUT2D eigenvalue weighted by Gasteiger charge is -2.36. The fraction of sp³-hybridized carbons (Fsp3) is 1.00. The highest BCUT2D eigenvalue weighted by atomic mass is 127. The fourth-order valence-electron chi connectivity index (χ4n) is 3.11. The van der Waals surface area contributed by atoms with Gasteiger partial charge in [0.15, 0.2) is 0 Å². The monoisotopic (exact) mass is 264 g/mol. The van der Waals surface area contributed by atoms with Crippen molar-refractivity contribution in [1.29, 1.82) is 0 Å². The van der Waals surface area contributed by atoms with Gasteiger partial charge in [-0.15, -0.1) is 0 Å². The average Bonchev–Trinajstić information content (AvgIpc) is 2.20. The molecule has 2 fully saturated rings. The summed E-state index contributed by atoms with van der Waals surface area (Å²) in [6.45, 7) is 7.45. The average molecular weight is 264 g/mol. The van der Waals surface area contributed by atoms with Gasteiger partial charge < -0.3 is 0 Å². The van der Waals surface area contributed by atoms with Crippen LogP contribution in [0.25, 0.3) is 0 Å². The van der Waals surface area contributed by atoms with Gasteiger partial charge in [0, 0.05) is 3.92 Å². The minimum absolute atomic E-state index is 0.624. The van der Waals surface area contributed by atoms with E-state index in [1.165, 1.54) is 19.3 Å². The second-order valence-electron chi connectivity index (χ2n) is 5.08. The Labute approximate surface area is 83.3 Å². The van der Waals surface area contributed by atoms with Gasteiger partial charge in [-0.25, -0.2) is 0 Å². The second-order valence-corrected chi connectivity index (χ2v) is 6.58. The minimum atomic E-state index is 0.624. The molecule has 64 valence electrons. The molecule has 2 bridgehead atoms. The summed E-state index contributed by atoms with van der Waals surface area (Å²) < 4.78 is 0.939. The highest BCUT2D eigenvalue weighted by molar-refractivity contribution is 14.1. The quantitative estimate of drug-likeness (QED) is 0.463. The highest BCUT2D eigenvalue weighted by Gasteiger charge is 2.60. The summed E-state index contributed by atoms with van der Waals surface area (Å²) in [6.07, 6.45) is 4.44. The molecule has 1 heteroatoms. The van der Waals surface area contributed by atoms with E-state index in [9.17, 15) is 0 Å². The molecule has 0 saturated heterocycles. The van der Waals surface area contributed by atoms with Crippen LogP contribution in [-0.4, -0.2) is 3.92 Å². The zero-order valence-electron chi connectivity index (χ0n) is 7.65. The Hall–Kier alpha value is 0.730. The van der Waals surface area contributed by atoms with Gasteiger partial charge in [-0.3, -0.25) is 0 Å². The first-order chi connectivity index (χ1) is 4.98. The van der Waals surface area contributed by atoms with E-state index >= 15 is 0 Å². The topological polar surface area (TPSA) is 0 Å². The molecular weight excluding hydrogens is 247 g/mol. The van der Waals surface area contributed by atoms with Crippen LogP contribution in [0.2, 0.25) is 0 Å². The molecule has 0 nitrogen and oxygen atoms in total. The summed E-state index contributed by atoms with van der Waals surface area (Å²) in [5, 5.41) is 0. The summed E-state index contributed by atoms with van der Waals surface area (Å²) in [4.78, 5) is 0. The normalized spacial score (nSPS) is 53.5. The predicted molar refractivity (Wildman–Crippen MR) is 57.0 cm³/mol. The van der Waals surface area contributed by atoms with Crippen molar-refractivity contribution in [2.45, 2.75) is 44.0 Å². The van der Waals surface area contributed by atoms with E-state index in [1.54, 1.807) is 0 Å². The number of hydrogen-bond acceptors (Lipinski definition) is 0. The summed E-state index contributed by atoms with van der Waals surface area (Å²) in [6, 6.07) is 0. The Morgan fingerprint density at radius 3 is 2.09 bits per heavy atom. The first kappa shape index (κ1) is 8.33. The van der Waals surface area contributed by atoms with Crippen molar-refractivity contribution in [1.82, 2.24) is 0 Å². The van der Waals surface area contributed by atoms with Gasteiger partial charge in [0.2, 0.25) is 0 Å². The van der Waals surface area contributed by atoms with Crippen LogP contribution in [-0.2, 0) is 0 Å². The summed E-state index contributed by atoms with van der Waals surface area (Å²) in [5.74, 6) is 1.02. The zero-order valence-corrected chi connectivity index (χ0v) is 9.81. The number of hydrogen-bond donors (Lipinski definition) is 0. The van der Waals surface area contributed by atoms with Gasteiger partial charge in [0.25, 0.3) is 0 Å². The van der Waals surface area contributed by atoms with E-state index in [0.717, 1.165) is 9.84 Å². The molecule has 0 amide bonds. The lowest BCUT2D eigenvalue weighted by molar-refractivity contribution is 0.160. The van der Waals surface area contributed by atoms with Gasteiger partial charge in [-0.05, 0) is 36.0 Å². The van der Waals surface area contributed by atoms with Crippen LogP contribution < -0.4 is 0 Å². The van der Waals surface area contributed by atoms with E-state index in [2.05, 4.69) is 43.4 Å². The summed E-state index contributed by atoms with van der Waals surface area (Å²) in [7, 11) is 0. The SMILES string of the molecule is CC1(C)C2CC[C@@]1(C)C(I)C2. The molecule has 2 aliphatic carbocycles. The second kappa shape index (κ2) is 2.15. The molecule has 0 aliphatic heterocycles. The van der Waals surface area contributed by atoms with Crippen LogP contribution in [0.1, 0.15) is 40.0 Å². The molecule has 0 aromatic carbocycles. The molecule has 2 unspecified atom stereocenters. The van der Waals surface area contributed by atoms with Crippen LogP contribution in [0.3, 0.4) is 0 Å². The van der Waals surface area contributed by atoms with Gasteiger partial charge in [-0.2, -0.15) is 0 Å². The first-order valence-corrected chi connectivity index (χ1v) is 5.87. The Morgan fingerprint density at radius 1 is 1.27 bits per heavy atom. The van der Waals surface area contributed by atoms with E-state index in [1.807, 2.05) is 0 Å². The molecular formula is C10H17I. The third kappa shape index (κ3) is 0.812. The Morgan fingerprint density at radius 2 is 1.91 bits per heavy atom. The Bertz CT molecular complexity index is 185. The molecule has 3 atom stereocenters. The molecule has 11 heavy (non-hydrogen) atoms. The van der Waals surface area contributed by atoms with E-state index in [0.29, 0.717) is 10.8 Å². The molecule has 0 heterocycles. The lowest BCUT2D eigenvalue weighted by Crippen LogP contribution is -2.32. The van der Waals surface area contributed by atoms with Crippen LogP contribution in [0.15, 0.2) is 0 Å². The van der Waals surface area contributed by atoms with E-state index in [4.69, 9.17) is 0 Å². The van der Waals surface area contributed by atoms with E-state index < -0.39 is 0 Å². The standard InChI is InChI=1S/C10H17I/c1-9(2)7-4-5-10(9,3)8(11)6-7/h7-8H,4-6H2,1-3H3/t7?,8?,10-/m0/s1. The number of alkyl halides is 1. The summed E-state index contributed by atoms with van der Waals surface area (Å²) in [5.41, 5.74) is 1.27. The van der Waals surface area contributed by atoms with Gasteiger partial charge in [0.05, 0.1) is 0 Å². The van der Waals surface area contributed by atoms with Crippen molar-refractivity contribution in [3.05, 3.63) is 0 Å². The largest absolute Gasteiger partial charge is 0.0820 e. The smallest absolute Gasteiger partial charge is 0.0171 e. The Balaban J connectivity index is 2.40. The van der Waals surface area contributed by atoms with E-state index in [-0.39, 0.29) is 0 Å². The molecule has 2 saturated carbocycles. The molecule has 0 spiro atoms. The summed E-state index contributed by atoms with van der Waals surface area (Å²) >= 11 is 2.67. The predicted octanol–water partition coefficient (Wildman–Crippen LogP) is 3.64. The van der Waals surface area contributed by atoms with Crippen molar-refractivity contribution in [3.63, 3.8) is 0 Å². The van der Waals surface area contributed by atoms with Crippen LogP contribution in [0.5, 0.6) is 0 Å². The third-order valence-corrected chi connectivity index (χ3v) is 6.57. The maximum atomic E-state index is 2.67. The fourth-order valence-corrected chi connectivity index (χ4v) is 4.83. The molecule has 0 aromatic heterocycles. The van der Waals surface area contributed by atoms with Crippen molar-refractivity contribution in [2.75, 3.05) is 0 Å². The highest BCUT2D eigenvalue weighted by Crippen LogP contribution is 2.67. The van der Waals surface area contributed by atoms with Gasteiger partial charge >= 0.3 is 0 Å².